The highest BCUT2D eigenvalue weighted by Gasteiger charge is 2.18. The Bertz CT molecular complexity index is 401. The van der Waals surface area contributed by atoms with Gasteiger partial charge >= 0.3 is 5.97 Å². The maximum atomic E-state index is 11.6. The molecule has 0 spiro atoms. The van der Waals surface area contributed by atoms with Gasteiger partial charge in [-0.1, -0.05) is 0 Å². The number of aromatic nitrogens is 1. The molecule has 0 fully saturated rings. The minimum Gasteiger partial charge on any atom is -0.480 e. The number of pyridine rings is 1. The molecule has 1 unspecified atom stereocenters. The monoisotopic (exact) mass is 286 g/mol. The van der Waals surface area contributed by atoms with E-state index in [9.17, 15) is 9.59 Å². The van der Waals surface area contributed by atoms with Gasteiger partial charge in [-0.05, 0) is 24.3 Å². The number of rotatable bonds is 7. The van der Waals surface area contributed by atoms with Gasteiger partial charge in [-0.25, -0.2) is 4.79 Å². The number of carbonyl (C=O) groups is 2. The fourth-order valence-corrected chi connectivity index (χ4v) is 2.16. The van der Waals surface area contributed by atoms with E-state index in [0.29, 0.717) is 12.2 Å². The third-order valence-corrected chi connectivity index (χ3v) is 3.34. The lowest BCUT2D eigenvalue weighted by Crippen LogP contribution is -2.41. The van der Waals surface area contributed by atoms with E-state index in [-0.39, 0.29) is 11.7 Å². The van der Waals surface area contributed by atoms with Crippen LogP contribution in [0.2, 0.25) is 0 Å². The van der Waals surface area contributed by atoms with Gasteiger partial charge in [0.1, 0.15) is 6.04 Å². The number of carboxylic acids is 1. The zero-order valence-corrected chi connectivity index (χ0v) is 11.3. The minimum atomic E-state index is -1.04. The van der Waals surface area contributed by atoms with Crippen molar-refractivity contribution in [3.8, 4) is 0 Å². The average molecular weight is 286 g/mol. The van der Waals surface area contributed by atoms with Crippen molar-refractivity contribution in [1.29, 1.82) is 0 Å². The number of nitrogens with zero attached hydrogens (tertiary/aromatic N) is 1. The van der Waals surface area contributed by atoms with Crippen LogP contribution in [-0.4, -0.2) is 39.5 Å². The molecule has 0 aliphatic heterocycles. The first-order valence-electron chi connectivity index (χ1n) is 5.29. The largest absolute Gasteiger partial charge is 0.480 e. The molecule has 1 heterocycles. The molecule has 98 valence electrons. The van der Waals surface area contributed by atoms with Crippen molar-refractivity contribution in [2.45, 2.75) is 17.4 Å². The Morgan fingerprint density at radius 1 is 1.44 bits per heavy atom. The first kappa shape index (κ1) is 14.8. The smallest absolute Gasteiger partial charge is 0.326 e. The van der Waals surface area contributed by atoms with Crippen molar-refractivity contribution in [2.24, 2.45) is 0 Å². The van der Waals surface area contributed by atoms with Crippen molar-refractivity contribution >= 4 is 36.3 Å². The fourth-order valence-electron chi connectivity index (χ4n) is 1.21. The van der Waals surface area contributed by atoms with Gasteiger partial charge in [0.2, 0.25) is 5.91 Å². The molecule has 1 atom stereocenters. The maximum absolute atomic E-state index is 11.6. The van der Waals surface area contributed by atoms with E-state index in [1.165, 1.54) is 11.8 Å². The summed E-state index contributed by atoms with van der Waals surface area (Å²) in [7, 11) is 0. The Morgan fingerprint density at radius 2 is 2.11 bits per heavy atom. The SMILES string of the molecule is O=C(CSc1ccncc1)NC(CCS)C(=O)O. The van der Waals surface area contributed by atoms with Crippen LogP contribution in [0.1, 0.15) is 6.42 Å². The molecule has 5 nitrogen and oxygen atoms in total. The molecule has 1 aromatic heterocycles. The number of thiol groups is 1. The van der Waals surface area contributed by atoms with E-state index in [1.54, 1.807) is 24.5 Å². The summed E-state index contributed by atoms with van der Waals surface area (Å²) >= 11 is 5.30. The summed E-state index contributed by atoms with van der Waals surface area (Å²) in [5.41, 5.74) is 0. The highest BCUT2D eigenvalue weighted by Crippen LogP contribution is 2.15. The maximum Gasteiger partial charge on any atom is 0.326 e. The third-order valence-electron chi connectivity index (χ3n) is 2.07. The molecule has 0 saturated heterocycles. The summed E-state index contributed by atoms with van der Waals surface area (Å²) in [5.74, 6) is -0.743. The zero-order chi connectivity index (χ0) is 13.4. The van der Waals surface area contributed by atoms with Crippen LogP contribution in [0.25, 0.3) is 0 Å². The number of carbonyl (C=O) groups excluding carboxylic acids is 1. The molecule has 0 saturated carbocycles. The molecule has 7 heteroatoms. The second kappa shape index (κ2) is 7.99. The number of thioether (sulfide) groups is 1. The molecule has 2 N–H and O–H groups in total. The molecule has 1 aromatic rings. The van der Waals surface area contributed by atoms with Crippen LogP contribution < -0.4 is 5.32 Å². The molecule has 0 aromatic carbocycles. The highest BCUT2D eigenvalue weighted by atomic mass is 32.2. The van der Waals surface area contributed by atoms with Crippen LogP contribution in [0.3, 0.4) is 0 Å². The molecular weight excluding hydrogens is 272 g/mol. The normalized spacial score (nSPS) is 11.8. The molecule has 1 amide bonds. The number of hydrogen-bond acceptors (Lipinski definition) is 5. The van der Waals surface area contributed by atoms with Crippen LogP contribution >= 0.6 is 24.4 Å². The van der Waals surface area contributed by atoms with Gasteiger partial charge < -0.3 is 10.4 Å². The van der Waals surface area contributed by atoms with Gasteiger partial charge in [-0.15, -0.1) is 11.8 Å². The van der Waals surface area contributed by atoms with Crippen molar-refractivity contribution in [2.75, 3.05) is 11.5 Å². The Labute approximate surface area is 115 Å². The summed E-state index contributed by atoms with van der Waals surface area (Å²) < 4.78 is 0. The van der Waals surface area contributed by atoms with Gasteiger partial charge in [0.05, 0.1) is 5.75 Å². The molecule has 0 aliphatic carbocycles. The number of carboxylic acid groups (broad SMARTS) is 1. The van der Waals surface area contributed by atoms with Crippen molar-refractivity contribution in [1.82, 2.24) is 10.3 Å². The van der Waals surface area contributed by atoms with Gasteiger partial charge in [0.25, 0.3) is 0 Å². The number of nitrogens with one attached hydrogen (secondary N) is 1. The van der Waals surface area contributed by atoms with Crippen LogP contribution in [-0.2, 0) is 9.59 Å². The molecule has 1 rings (SSSR count). The lowest BCUT2D eigenvalue weighted by atomic mass is 10.2. The summed E-state index contributed by atoms with van der Waals surface area (Å²) in [6.07, 6.45) is 3.59. The lowest BCUT2D eigenvalue weighted by Gasteiger charge is -2.12. The predicted molar refractivity (Wildman–Crippen MR) is 73.0 cm³/mol. The van der Waals surface area contributed by atoms with Crippen LogP contribution in [0, 0.1) is 0 Å². The van der Waals surface area contributed by atoms with Crippen molar-refractivity contribution < 1.29 is 14.7 Å². The molecule has 0 radical (unpaired) electrons. The molecule has 18 heavy (non-hydrogen) atoms. The van der Waals surface area contributed by atoms with E-state index >= 15 is 0 Å². The number of aliphatic carboxylic acids is 1. The lowest BCUT2D eigenvalue weighted by molar-refractivity contribution is -0.141. The van der Waals surface area contributed by atoms with Crippen LogP contribution in [0.4, 0.5) is 0 Å². The zero-order valence-electron chi connectivity index (χ0n) is 9.57. The third kappa shape index (κ3) is 5.42. The first-order valence-corrected chi connectivity index (χ1v) is 6.91. The second-order valence-corrected chi connectivity index (χ2v) is 4.94. The van der Waals surface area contributed by atoms with E-state index < -0.39 is 12.0 Å². The Balaban J connectivity index is 2.39. The quantitative estimate of drug-likeness (QED) is 0.516. The topological polar surface area (TPSA) is 79.3 Å². The second-order valence-electron chi connectivity index (χ2n) is 3.44. The molecule has 0 aliphatic rings. The van der Waals surface area contributed by atoms with Gasteiger partial charge in [-0.2, -0.15) is 12.6 Å². The Morgan fingerprint density at radius 3 is 2.67 bits per heavy atom. The van der Waals surface area contributed by atoms with Crippen molar-refractivity contribution in [3.63, 3.8) is 0 Å². The van der Waals surface area contributed by atoms with E-state index in [0.717, 1.165) is 4.90 Å². The first-order chi connectivity index (χ1) is 8.63. The molecular formula is C11H14N2O3S2. The highest BCUT2D eigenvalue weighted by molar-refractivity contribution is 8.00. The minimum absolute atomic E-state index is 0.181. The van der Waals surface area contributed by atoms with Gasteiger partial charge in [-0.3, -0.25) is 9.78 Å². The molecule has 0 bridgehead atoms. The van der Waals surface area contributed by atoms with E-state index in [4.69, 9.17) is 5.11 Å². The van der Waals surface area contributed by atoms with Crippen molar-refractivity contribution in [3.05, 3.63) is 24.5 Å². The predicted octanol–water partition coefficient (Wildman–Crippen LogP) is 1.06. The standard InChI is InChI=1S/C11H14N2O3S2/c14-10(13-9(3-6-17)11(15)16)7-18-8-1-4-12-5-2-8/h1-2,4-5,9,17H,3,6-7H2,(H,13,14)(H,15,16). The summed E-state index contributed by atoms with van der Waals surface area (Å²) in [5, 5.41) is 11.3. The Kier molecular flexibility index (Phi) is 6.59. The van der Waals surface area contributed by atoms with E-state index in [2.05, 4.69) is 22.9 Å². The average Bonchev–Trinajstić information content (AvgIpc) is 2.37. The van der Waals surface area contributed by atoms with Gasteiger partial charge in [0, 0.05) is 17.3 Å². The van der Waals surface area contributed by atoms with E-state index in [1.807, 2.05) is 0 Å². The number of amides is 1. The number of hydrogen-bond donors (Lipinski definition) is 3. The Hall–Kier alpha value is -1.21. The summed E-state index contributed by atoms with van der Waals surface area (Å²) in [6.45, 7) is 0. The summed E-state index contributed by atoms with van der Waals surface area (Å²) in [4.78, 5) is 27.2. The van der Waals surface area contributed by atoms with Gasteiger partial charge in [0.15, 0.2) is 0 Å². The van der Waals surface area contributed by atoms with Crippen LogP contribution in [0.5, 0.6) is 0 Å². The van der Waals surface area contributed by atoms with Crippen LogP contribution in [0.15, 0.2) is 29.4 Å². The fraction of sp³-hybridized carbons (Fsp3) is 0.364. The summed E-state index contributed by atoms with van der Waals surface area (Å²) in [6, 6.07) is 2.72.